The molecule has 0 aliphatic carbocycles. The molecule has 0 aromatic rings. The molecule has 0 aromatic carbocycles. The van der Waals surface area contributed by atoms with Crippen molar-refractivity contribution in [1.29, 1.82) is 0 Å². The predicted molar refractivity (Wildman–Crippen MR) is 79.1 cm³/mol. The minimum absolute atomic E-state index is 0.0966. The van der Waals surface area contributed by atoms with Crippen LogP contribution in [0.25, 0.3) is 0 Å². The van der Waals surface area contributed by atoms with Gasteiger partial charge in [-0.05, 0) is 46.5 Å². The van der Waals surface area contributed by atoms with Crippen molar-refractivity contribution in [3.63, 3.8) is 0 Å². The number of esters is 1. The minimum atomic E-state index is -0.552. The Balaban J connectivity index is 3.70. The van der Waals surface area contributed by atoms with E-state index < -0.39 is 5.60 Å². The number of unbranched alkanes of at least 4 members (excludes halogenated alkanes) is 2. The summed E-state index contributed by atoms with van der Waals surface area (Å²) in [4.78, 5) is 11.7. The third-order valence-corrected chi connectivity index (χ3v) is 3.60. The maximum Gasteiger partial charge on any atom is 0.306 e. The molecular weight excluding hydrogens is 240 g/mol. The second-order valence-corrected chi connectivity index (χ2v) is 6.39. The topological polar surface area (TPSA) is 46.5 Å². The number of ether oxygens (including phenoxy) is 1. The molecule has 0 aliphatic rings. The normalized spacial score (nSPS) is 15.1. The van der Waals surface area contributed by atoms with E-state index in [4.69, 9.17) is 4.74 Å². The van der Waals surface area contributed by atoms with E-state index in [2.05, 4.69) is 6.92 Å². The highest BCUT2D eigenvalue weighted by molar-refractivity contribution is 5.69. The van der Waals surface area contributed by atoms with Gasteiger partial charge < -0.3 is 9.84 Å². The van der Waals surface area contributed by atoms with Gasteiger partial charge in [-0.25, -0.2) is 0 Å². The number of carbonyl (C=O) groups excluding carboxylic acids is 1. The molecule has 0 fully saturated rings. The summed E-state index contributed by atoms with van der Waals surface area (Å²) in [7, 11) is 0. The second kappa shape index (κ2) is 8.57. The summed E-state index contributed by atoms with van der Waals surface area (Å²) in [6, 6.07) is 0. The second-order valence-electron chi connectivity index (χ2n) is 6.39. The maximum absolute atomic E-state index is 11.7. The van der Waals surface area contributed by atoms with Gasteiger partial charge in [0.2, 0.25) is 0 Å². The van der Waals surface area contributed by atoms with E-state index in [9.17, 15) is 9.90 Å². The minimum Gasteiger partial charge on any atom is -0.460 e. The van der Waals surface area contributed by atoms with Crippen LogP contribution in [0, 0.1) is 0 Å². The first-order valence-corrected chi connectivity index (χ1v) is 7.66. The third kappa shape index (κ3) is 9.94. The molecule has 0 spiro atoms. The van der Waals surface area contributed by atoms with E-state index in [-0.39, 0.29) is 11.6 Å². The first-order chi connectivity index (χ1) is 8.72. The van der Waals surface area contributed by atoms with Crippen LogP contribution in [-0.2, 0) is 9.53 Å². The number of hydrogen-bond donors (Lipinski definition) is 1. The lowest BCUT2D eigenvalue weighted by atomic mass is 9.95. The van der Waals surface area contributed by atoms with Crippen molar-refractivity contribution in [3.8, 4) is 0 Å². The molecule has 0 saturated heterocycles. The van der Waals surface area contributed by atoms with Crippen molar-refractivity contribution in [3.05, 3.63) is 0 Å². The van der Waals surface area contributed by atoms with Gasteiger partial charge in [-0.2, -0.15) is 0 Å². The van der Waals surface area contributed by atoms with Gasteiger partial charge in [-0.3, -0.25) is 4.79 Å². The summed E-state index contributed by atoms with van der Waals surface area (Å²) in [6.07, 6.45) is 6.78. The Kier molecular flexibility index (Phi) is 8.31. The third-order valence-electron chi connectivity index (χ3n) is 3.60. The molecule has 0 bridgehead atoms. The van der Waals surface area contributed by atoms with Gasteiger partial charge in [0.15, 0.2) is 0 Å². The molecule has 1 atom stereocenters. The Hall–Kier alpha value is -0.570. The molecule has 1 N–H and O–H groups in total. The van der Waals surface area contributed by atoms with Crippen LogP contribution in [-0.4, -0.2) is 22.3 Å². The molecule has 3 heteroatoms. The molecule has 0 saturated carbocycles. The lowest BCUT2D eigenvalue weighted by Gasteiger charge is -2.24. The van der Waals surface area contributed by atoms with Gasteiger partial charge in [-0.1, -0.05) is 33.1 Å². The summed E-state index contributed by atoms with van der Waals surface area (Å²) in [5, 5.41) is 9.85. The first-order valence-electron chi connectivity index (χ1n) is 7.66. The highest BCUT2D eigenvalue weighted by atomic mass is 16.6. The van der Waals surface area contributed by atoms with Crippen LogP contribution in [0.2, 0.25) is 0 Å². The maximum atomic E-state index is 11.7. The van der Waals surface area contributed by atoms with E-state index in [1.807, 2.05) is 27.7 Å². The summed E-state index contributed by atoms with van der Waals surface area (Å²) in [6.45, 7) is 9.89. The molecule has 3 nitrogen and oxygen atoms in total. The van der Waals surface area contributed by atoms with E-state index in [0.717, 1.165) is 44.9 Å². The van der Waals surface area contributed by atoms with Crippen LogP contribution >= 0.6 is 0 Å². The van der Waals surface area contributed by atoms with Gasteiger partial charge in [0.05, 0.1) is 5.60 Å². The van der Waals surface area contributed by atoms with Gasteiger partial charge in [0.25, 0.3) is 0 Å². The van der Waals surface area contributed by atoms with E-state index in [1.165, 1.54) is 0 Å². The SMILES string of the molecule is CCCC(C)(C)OC(=O)CCCCCC(C)(O)CC. The predicted octanol–water partition coefficient (Wildman–Crippen LogP) is 4.22. The summed E-state index contributed by atoms with van der Waals surface area (Å²) < 4.78 is 5.46. The molecule has 0 heterocycles. The largest absolute Gasteiger partial charge is 0.460 e. The smallest absolute Gasteiger partial charge is 0.306 e. The highest BCUT2D eigenvalue weighted by Gasteiger charge is 2.21. The zero-order valence-electron chi connectivity index (χ0n) is 13.4. The summed E-state index contributed by atoms with van der Waals surface area (Å²) >= 11 is 0. The monoisotopic (exact) mass is 272 g/mol. The number of hydrogen-bond acceptors (Lipinski definition) is 3. The Morgan fingerprint density at radius 1 is 1.05 bits per heavy atom. The molecule has 114 valence electrons. The van der Waals surface area contributed by atoms with Crippen LogP contribution in [0.5, 0.6) is 0 Å². The molecule has 0 radical (unpaired) electrons. The van der Waals surface area contributed by atoms with Gasteiger partial charge in [-0.15, -0.1) is 0 Å². The zero-order valence-corrected chi connectivity index (χ0v) is 13.4. The van der Waals surface area contributed by atoms with Crippen molar-refractivity contribution < 1.29 is 14.6 Å². The van der Waals surface area contributed by atoms with Crippen molar-refractivity contribution in [1.82, 2.24) is 0 Å². The van der Waals surface area contributed by atoms with Crippen LogP contribution < -0.4 is 0 Å². The molecule has 0 amide bonds. The van der Waals surface area contributed by atoms with Crippen LogP contribution in [0.15, 0.2) is 0 Å². The standard InChI is InChI=1S/C16H32O3/c1-6-12-15(3,4)19-14(17)11-9-8-10-13-16(5,18)7-2/h18H,6-13H2,1-5H3. The summed E-state index contributed by atoms with van der Waals surface area (Å²) in [5.74, 6) is -0.0966. The first kappa shape index (κ1) is 18.4. The van der Waals surface area contributed by atoms with Gasteiger partial charge >= 0.3 is 5.97 Å². The fraction of sp³-hybridized carbons (Fsp3) is 0.938. The fourth-order valence-electron chi connectivity index (χ4n) is 2.14. The molecular formula is C16H32O3. The molecule has 1 unspecified atom stereocenters. The van der Waals surface area contributed by atoms with Crippen molar-refractivity contribution >= 4 is 5.97 Å². The van der Waals surface area contributed by atoms with Crippen molar-refractivity contribution in [2.75, 3.05) is 0 Å². The number of rotatable bonds is 10. The quantitative estimate of drug-likeness (QED) is 0.478. The average Bonchev–Trinajstić information content (AvgIpc) is 2.27. The molecule has 0 aromatic heterocycles. The van der Waals surface area contributed by atoms with Crippen molar-refractivity contribution in [2.24, 2.45) is 0 Å². The Bertz CT molecular complexity index is 257. The van der Waals surface area contributed by atoms with Crippen molar-refractivity contribution in [2.45, 2.75) is 97.2 Å². The van der Waals surface area contributed by atoms with E-state index >= 15 is 0 Å². The van der Waals surface area contributed by atoms with Gasteiger partial charge in [0.1, 0.15) is 5.60 Å². The number of carbonyl (C=O) groups is 1. The molecule has 19 heavy (non-hydrogen) atoms. The Morgan fingerprint density at radius 2 is 1.68 bits per heavy atom. The van der Waals surface area contributed by atoms with E-state index in [0.29, 0.717) is 6.42 Å². The highest BCUT2D eigenvalue weighted by Crippen LogP contribution is 2.20. The average molecular weight is 272 g/mol. The van der Waals surface area contributed by atoms with Crippen LogP contribution in [0.3, 0.4) is 0 Å². The molecule has 0 rings (SSSR count). The van der Waals surface area contributed by atoms with Crippen LogP contribution in [0.4, 0.5) is 0 Å². The Labute approximate surface area is 118 Å². The fourth-order valence-corrected chi connectivity index (χ4v) is 2.14. The van der Waals surface area contributed by atoms with Gasteiger partial charge in [0, 0.05) is 6.42 Å². The van der Waals surface area contributed by atoms with E-state index in [1.54, 1.807) is 0 Å². The molecule has 0 aliphatic heterocycles. The summed E-state index contributed by atoms with van der Waals surface area (Å²) in [5.41, 5.74) is -0.888. The lowest BCUT2D eigenvalue weighted by molar-refractivity contribution is -0.157. The lowest BCUT2D eigenvalue weighted by Crippen LogP contribution is -2.27. The number of aliphatic hydroxyl groups is 1. The zero-order chi connectivity index (χ0) is 14.9. The van der Waals surface area contributed by atoms with Crippen LogP contribution in [0.1, 0.15) is 86.0 Å². The Morgan fingerprint density at radius 3 is 2.21 bits per heavy atom.